The lowest BCUT2D eigenvalue weighted by Crippen LogP contribution is -2.47. The molecule has 1 aliphatic carbocycles. The summed E-state index contributed by atoms with van der Waals surface area (Å²) in [4.78, 5) is 0. The lowest BCUT2D eigenvalue weighted by Gasteiger charge is -2.41. The Kier molecular flexibility index (Phi) is 5.61. The van der Waals surface area contributed by atoms with Gasteiger partial charge in [0.2, 0.25) is 0 Å². The van der Waals surface area contributed by atoms with Crippen LogP contribution in [0.3, 0.4) is 0 Å². The summed E-state index contributed by atoms with van der Waals surface area (Å²) in [6.45, 7) is 6.84. The average Bonchev–Trinajstić information content (AvgIpc) is 2.69. The average molecular weight is 394 g/mol. The second-order valence-electron chi connectivity index (χ2n) is 10.2. The molecular weight excluding hydrogens is 358 g/mol. The molecule has 2 aromatic carbocycles. The van der Waals surface area contributed by atoms with Gasteiger partial charge in [0.05, 0.1) is 6.10 Å². The highest BCUT2D eigenvalue weighted by Gasteiger charge is 2.35. The van der Waals surface area contributed by atoms with E-state index in [0.717, 1.165) is 56.4 Å². The molecule has 1 fully saturated rings. The molecule has 29 heavy (non-hydrogen) atoms. The second kappa shape index (κ2) is 8.02. The molecule has 1 saturated carbocycles. The molecule has 4 rings (SSSR count). The fraction of sp³-hybridized carbons (Fsp3) is 0.538. The number of rotatable bonds is 4. The van der Waals surface area contributed by atoms with E-state index in [4.69, 9.17) is 15.2 Å². The first-order valence-electron chi connectivity index (χ1n) is 11.1. The van der Waals surface area contributed by atoms with Crippen molar-refractivity contribution in [2.45, 2.75) is 83.5 Å². The molecule has 2 aliphatic rings. The van der Waals surface area contributed by atoms with Crippen LogP contribution >= 0.6 is 0 Å². The minimum absolute atomic E-state index is 0.0335. The third-order valence-electron chi connectivity index (χ3n) is 6.26. The highest BCUT2D eigenvalue weighted by molar-refractivity contribution is 5.42. The number of nitrogens with two attached hydrogens (primary N) is 1. The first kappa shape index (κ1) is 20.3. The van der Waals surface area contributed by atoms with Crippen LogP contribution in [-0.4, -0.2) is 11.6 Å². The summed E-state index contributed by atoms with van der Waals surface area (Å²) in [5, 5.41) is 0. The molecular formula is C26H35NO2. The zero-order chi connectivity index (χ0) is 20.5. The Hall–Kier alpha value is -2.00. The molecule has 0 bridgehead atoms. The first-order chi connectivity index (χ1) is 13.8. The highest BCUT2D eigenvalue weighted by Crippen LogP contribution is 2.39. The number of benzene rings is 2. The van der Waals surface area contributed by atoms with Gasteiger partial charge in [0, 0.05) is 5.54 Å². The molecule has 2 aromatic rings. The van der Waals surface area contributed by atoms with Gasteiger partial charge in [-0.3, -0.25) is 0 Å². The minimum atomic E-state index is -0.0335. The summed E-state index contributed by atoms with van der Waals surface area (Å²) in [6, 6.07) is 16.8. The Morgan fingerprint density at radius 3 is 2.45 bits per heavy atom. The van der Waals surface area contributed by atoms with Crippen molar-refractivity contribution in [1.29, 1.82) is 0 Å². The Balaban J connectivity index is 1.35. The molecule has 0 spiro atoms. The zero-order valence-corrected chi connectivity index (χ0v) is 18.1. The summed E-state index contributed by atoms with van der Waals surface area (Å²) in [5.74, 6) is 1.96. The smallest absolute Gasteiger partial charge is 0.124 e. The minimum Gasteiger partial charge on any atom is -0.490 e. The maximum atomic E-state index is 6.68. The third kappa shape index (κ3) is 5.14. The van der Waals surface area contributed by atoms with Gasteiger partial charge in [0.1, 0.15) is 17.6 Å². The van der Waals surface area contributed by atoms with Gasteiger partial charge >= 0.3 is 0 Å². The molecule has 3 heteroatoms. The van der Waals surface area contributed by atoms with Crippen LogP contribution in [0, 0.1) is 5.41 Å². The number of ether oxygens (including phenoxy) is 2. The van der Waals surface area contributed by atoms with E-state index in [2.05, 4.69) is 63.2 Å². The van der Waals surface area contributed by atoms with Gasteiger partial charge in [0.25, 0.3) is 0 Å². The molecule has 0 aromatic heterocycles. The maximum Gasteiger partial charge on any atom is 0.124 e. The van der Waals surface area contributed by atoms with Crippen molar-refractivity contribution in [2.75, 3.05) is 0 Å². The summed E-state index contributed by atoms with van der Waals surface area (Å²) >= 11 is 0. The van der Waals surface area contributed by atoms with Gasteiger partial charge in [-0.1, -0.05) is 51.1 Å². The SMILES string of the molecule is CC(C)(C)CC1(N)CCC(Oc2ccc3c(c2)CCC(c2ccccc2)O3)CC1. The van der Waals surface area contributed by atoms with Crippen molar-refractivity contribution >= 4 is 0 Å². The largest absolute Gasteiger partial charge is 0.490 e. The van der Waals surface area contributed by atoms with Crippen LogP contribution in [0.25, 0.3) is 0 Å². The van der Waals surface area contributed by atoms with E-state index in [1.807, 2.05) is 6.07 Å². The molecule has 1 heterocycles. The van der Waals surface area contributed by atoms with Gasteiger partial charge in [-0.2, -0.15) is 0 Å². The van der Waals surface area contributed by atoms with Gasteiger partial charge in [-0.25, -0.2) is 0 Å². The van der Waals surface area contributed by atoms with Crippen LogP contribution < -0.4 is 15.2 Å². The maximum absolute atomic E-state index is 6.68. The molecule has 0 saturated heterocycles. The topological polar surface area (TPSA) is 44.5 Å². The predicted octanol–water partition coefficient (Wildman–Crippen LogP) is 6.21. The number of hydrogen-bond donors (Lipinski definition) is 1. The molecule has 1 atom stereocenters. The lowest BCUT2D eigenvalue weighted by molar-refractivity contribution is 0.0978. The van der Waals surface area contributed by atoms with Gasteiger partial charge in [0.15, 0.2) is 0 Å². The summed E-state index contributed by atoms with van der Waals surface area (Å²) in [6.07, 6.45) is 7.68. The molecule has 3 nitrogen and oxygen atoms in total. The van der Waals surface area contributed by atoms with E-state index in [1.54, 1.807) is 0 Å². The summed E-state index contributed by atoms with van der Waals surface area (Å²) < 4.78 is 12.6. The van der Waals surface area contributed by atoms with E-state index < -0.39 is 0 Å². The number of aryl methyl sites for hydroxylation is 1. The van der Waals surface area contributed by atoms with E-state index in [-0.39, 0.29) is 23.2 Å². The van der Waals surface area contributed by atoms with Crippen LogP contribution in [0.2, 0.25) is 0 Å². The van der Waals surface area contributed by atoms with Crippen LogP contribution in [-0.2, 0) is 6.42 Å². The molecule has 2 N–H and O–H groups in total. The standard InChI is InChI=1S/C26H35NO2/c1-25(2,3)18-26(27)15-13-21(14-16-26)28-22-10-12-24-20(17-22)9-11-23(29-24)19-7-5-4-6-8-19/h4-8,10,12,17,21,23H,9,11,13-16,18,27H2,1-3H3. The first-order valence-corrected chi connectivity index (χ1v) is 11.1. The van der Waals surface area contributed by atoms with E-state index >= 15 is 0 Å². The van der Waals surface area contributed by atoms with Crippen LogP contribution in [0.1, 0.15) is 76.5 Å². The number of hydrogen-bond acceptors (Lipinski definition) is 3. The third-order valence-corrected chi connectivity index (χ3v) is 6.26. The van der Waals surface area contributed by atoms with Gasteiger partial charge < -0.3 is 15.2 Å². The molecule has 1 unspecified atom stereocenters. The fourth-order valence-corrected chi connectivity index (χ4v) is 5.05. The van der Waals surface area contributed by atoms with Crippen LogP contribution in [0.15, 0.2) is 48.5 Å². The molecule has 0 amide bonds. The Morgan fingerprint density at radius 2 is 1.76 bits per heavy atom. The summed E-state index contributed by atoms with van der Waals surface area (Å²) in [5.41, 5.74) is 9.43. The van der Waals surface area contributed by atoms with E-state index in [9.17, 15) is 0 Å². The highest BCUT2D eigenvalue weighted by atomic mass is 16.5. The van der Waals surface area contributed by atoms with Crippen molar-refractivity contribution < 1.29 is 9.47 Å². The second-order valence-corrected chi connectivity index (χ2v) is 10.2. The van der Waals surface area contributed by atoms with Gasteiger partial charge in [-0.15, -0.1) is 0 Å². The van der Waals surface area contributed by atoms with Crippen molar-refractivity contribution in [3.63, 3.8) is 0 Å². The Bertz CT molecular complexity index is 816. The molecule has 1 aliphatic heterocycles. The Morgan fingerprint density at radius 1 is 1.03 bits per heavy atom. The quantitative estimate of drug-likeness (QED) is 0.672. The van der Waals surface area contributed by atoms with Crippen LogP contribution in [0.4, 0.5) is 0 Å². The van der Waals surface area contributed by atoms with E-state index in [1.165, 1.54) is 11.1 Å². The number of fused-ring (bicyclic) bond motifs is 1. The predicted molar refractivity (Wildman–Crippen MR) is 118 cm³/mol. The van der Waals surface area contributed by atoms with Crippen molar-refractivity contribution in [3.05, 3.63) is 59.7 Å². The lowest BCUT2D eigenvalue weighted by atomic mass is 9.72. The van der Waals surface area contributed by atoms with Crippen LogP contribution in [0.5, 0.6) is 11.5 Å². The van der Waals surface area contributed by atoms with Crippen molar-refractivity contribution in [3.8, 4) is 11.5 Å². The van der Waals surface area contributed by atoms with Crippen molar-refractivity contribution in [1.82, 2.24) is 0 Å². The zero-order valence-electron chi connectivity index (χ0n) is 18.1. The fourth-order valence-electron chi connectivity index (χ4n) is 5.05. The summed E-state index contributed by atoms with van der Waals surface area (Å²) in [7, 11) is 0. The van der Waals surface area contributed by atoms with Gasteiger partial charge in [-0.05, 0) is 79.7 Å². The molecule has 0 radical (unpaired) electrons. The molecule has 156 valence electrons. The normalized spacial score (nSPS) is 27.0. The van der Waals surface area contributed by atoms with E-state index in [0.29, 0.717) is 0 Å². The Labute approximate surface area is 175 Å². The van der Waals surface area contributed by atoms with Crippen molar-refractivity contribution in [2.24, 2.45) is 11.1 Å². The monoisotopic (exact) mass is 393 g/mol.